The number of methoxy groups -OCH3 is 2. The molecule has 2 N–H and O–H groups in total. The number of amides is 1. The lowest BCUT2D eigenvalue weighted by Crippen LogP contribution is -3.11. The summed E-state index contributed by atoms with van der Waals surface area (Å²) in [4.78, 5) is 28.3. The molecule has 156 valence electrons. The zero-order chi connectivity index (χ0) is 21.0. The molecule has 1 atom stereocenters. The summed E-state index contributed by atoms with van der Waals surface area (Å²) in [5, 5.41) is 3.44. The average molecular weight is 420 g/mol. The molecule has 1 aliphatic heterocycles. The lowest BCUT2D eigenvalue weighted by molar-refractivity contribution is -0.913. The quantitative estimate of drug-likeness (QED) is 0.673. The van der Waals surface area contributed by atoms with E-state index in [1.54, 1.807) is 25.1 Å². The molecule has 1 aromatic carbocycles. The molecule has 29 heavy (non-hydrogen) atoms. The molecule has 1 aromatic heterocycles. The second kappa shape index (κ2) is 9.28. The van der Waals surface area contributed by atoms with Gasteiger partial charge in [-0.15, -0.1) is 11.3 Å². The largest absolute Gasteiger partial charge is 0.493 e. The highest BCUT2D eigenvalue weighted by Crippen LogP contribution is 2.37. The van der Waals surface area contributed by atoms with Gasteiger partial charge < -0.3 is 24.4 Å². The van der Waals surface area contributed by atoms with E-state index in [9.17, 15) is 9.59 Å². The lowest BCUT2D eigenvalue weighted by Gasteiger charge is -2.22. The highest BCUT2D eigenvalue weighted by Gasteiger charge is 2.31. The zero-order valence-electron chi connectivity index (χ0n) is 17.2. The van der Waals surface area contributed by atoms with Crippen LogP contribution in [0, 0.1) is 0 Å². The van der Waals surface area contributed by atoms with Gasteiger partial charge in [-0.05, 0) is 31.5 Å². The van der Waals surface area contributed by atoms with E-state index in [0.29, 0.717) is 27.6 Å². The molecule has 1 aliphatic rings. The van der Waals surface area contributed by atoms with Crippen LogP contribution >= 0.6 is 11.3 Å². The molecule has 0 saturated carbocycles. The third kappa shape index (κ3) is 4.23. The first-order valence-electron chi connectivity index (χ1n) is 9.71. The van der Waals surface area contributed by atoms with E-state index in [-0.39, 0.29) is 12.5 Å². The Kier molecular flexibility index (Phi) is 6.76. The number of carbonyl (C=O) groups is 2. The summed E-state index contributed by atoms with van der Waals surface area (Å²) >= 11 is 1.46. The van der Waals surface area contributed by atoms with Crippen LogP contribution in [0.2, 0.25) is 0 Å². The van der Waals surface area contributed by atoms with Gasteiger partial charge in [0.05, 0.1) is 49.9 Å². The third-order valence-corrected chi connectivity index (χ3v) is 6.23. The van der Waals surface area contributed by atoms with E-state index < -0.39 is 5.97 Å². The van der Waals surface area contributed by atoms with Crippen LogP contribution in [-0.4, -0.2) is 45.8 Å². The Labute approximate surface area is 174 Å². The summed E-state index contributed by atoms with van der Waals surface area (Å²) in [5.41, 5.74) is 1.82. The van der Waals surface area contributed by atoms with Gasteiger partial charge in [0.1, 0.15) is 11.5 Å². The average Bonchev–Trinajstić information content (AvgIpc) is 3.09. The SMILES string of the molecule is CCOC(=O)c1c(NC(=O)c2cccc(OC)c2OC)sc2c1CC[NH+](CC)C2. The summed E-state index contributed by atoms with van der Waals surface area (Å²) in [6.45, 7) is 7.05. The molecule has 2 heterocycles. The van der Waals surface area contributed by atoms with Crippen LogP contribution in [0.5, 0.6) is 11.5 Å². The molecule has 0 fully saturated rings. The number of rotatable bonds is 7. The minimum absolute atomic E-state index is 0.285. The second-order valence-electron chi connectivity index (χ2n) is 6.70. The van der Waals surface area contributed by atoms with Gasteiger partial charge in [0, 0.05) is 6.42 Å². The van der Waals surface area contributed by atoms with Crippen molar-refractivity contribution in [2.75, 3.05) is 39.2 Å². The molecule has 1 amide bonds. The van der Waals surface area contributed by atoms with Gasteiger partial charge in [-0.25, -0.2) is 4.79 Å². The fourth-order valence-electron chi connectivity index (χ4n) is 3.58. The van der Waals surface area contributed by atoms with E-state index >= 15 is 0 Å². The van der Waals surface area contributed by atoms with Crippen LogP contribution in [0.15, 0.2) is 18.2 Å². The van der Waals surface area contributed by atoms with Crippen LogP contribution in [0.1, 0.15) is 45.0 Å². The van der Waals surface area contributed by atoms with Gasteiger partial charge in [0.2, 0.25) is 0 Å². The van der Waals surface area contributed by atoms with Crippen molar-refractivity contribution in [2.45, 2.75) is 26.8 Å². The van der Waals surface area contributed by atoms with E-state index in [0.717, 1.165) is 36.5 Å². The van der Waals surface area contributed by atoms with Gasteiger partial charge in [-0.2, -0.15) is 0 Å². The second-order valence-corrected chi connectivity index (χ2v) is 7.81. The number of hydrogen-bond donors (Lipinski definition) is 2. The maximum atomic E-state index is 13.0. The Morgan fingerprint density at radius 1 is 1.21 bits per heavy atom. The van der Waals surface area contributed by atoms with Crippen LogP contribution in [0.25, 0.3) is 0 Å². The highest BCUT2D eigenvalue weighted by molar-refractivity contribution is 7.17. The molecule has 1 unspecified atom stereocenters. The Bertz CT molecular complexity index is 909. The first-order chi connectivity index (χ1) is 14.0. The highest BCUT2D eigenvalue weighted by atomic mass is 32.1. The number of likely N-dealkylation sites (N-methyl/N-ethyl adjacent to an activating group) is 1. The topological polar surface area (TPSA) is 78.3 Å². The van der Waals surface area contributed by atoms with Gasteiger partial charge >= 0.3 is 5.97 Å². The van der Waals surface area contributed by atoms with Crippen molar-refractivity contribution in [1.29, 1.82) is 0 Å². The molecule has 0 spiro atoms. The molecule has 8 heteroatoms. The molecule has 2 aromatic rings. The number of quaternary nitrogens is 1. The molecule has 0 radical (unpaired) electrons. The zero-order valence-corrected chi connectivity index (χ0v) is 18.0. The Morgan fingerprint density at radius 2 is 2.00 bits per heavy atom. The number of thiophene rings is 1. The first-order valence-corrected chi connectivity index (χ1v) is 10.5. The third-order valence-electron chi connectivity index (χ3n) is 5.08. The van der Waals surface area contributed by atoms with Gasteiger partial charge in [-0.3, -0.25) is 4.79 Å². The maximum absolute atomic E-state index is 13.0. The van der Waals surface area contributed by atoms with Crippen LogP contribution in [0.3, 0.4) is 0 Å². The van der Waals surface area contributed by atoms with Crippen molar-refractivity contribution >= 4 is 28.2 Å². The van der Waals surface area contributed by atoms with Crippen LogP contribution in [0.4, 0.5) is 5.00 Å². The van der Waals surface area contributed by atoms with Crippen molar-refractivity contribution in [3.8, 4) is 11.5 Å². The fourth-order valence-corrected chi connectivity index (χ4v) is 4.88. The van der Waals surface area contributed by atoms with Crippen molar-refractivity contribution in [1.82, 2.24) is 0 Å². The normalized spacial score (nSPS) is 15.4. The molecular formula is C21H27N2O5S+. The Hall–Kier alpha value is -2.58. The molecule has 0 aliphatic carbocycles. The number of para-hydroxylation sites is 1. The minimum Gasteiger partial charge on any atom is -0.493 e. The number of benzene rings is 1. The molecule has 7 nitrogen and oxygen atoms in total. The summed E-state index contributed by atoms with van der Waals surface area (Å²) in [5.74, 6) is 0.0778. The predicted molar refractivity (Wildman–Crippen MR) is 112 cm³/mol. The maximum Gasteiger partial charge on any atom is 0.341 e. The molecular weight excluding hydrogens is 392 g/mol. The van der Waals surface area contributed by atoms with Gasteiger partial charge in [0.15, 0.2) is 11.5 Å². The van der Waals surface area contributed by atoms with E-state index in [2.05, 4.69) is 12.2 Å². The summed E-state index contributed by atoms with van der Waals surface area (Å²) in [6, 6.07) is 5.12. The monoisotopic (exact) mass is 419 g/mol. The summed E-state index contributed by atoms with van der Waals surface area (Å²) in [7, 11) is 3.01. The minimum atomic E-state index is -0.391. The number of ether oxygens (including phenoxy) is 3. The van der Waals surface area contributed by atoms with E-state index in [1.807, 2.05) is 0 Å². The molecule has 3 rings (SSSR count). The number of fused-ring (bicyclic) bond motifs is 1. The fraction of sp³-hybridized carbons (Fsp3) is 0.429. The summed E-state index contributed by atoms with van der Waals surface area (Å²) < 4.78 is 15.9. The first kappa shape index (κ1) is 21.1. The van der Waals surface area contributed by atoms with Crippen LogP contribution < -0.4 is 19.7 Å². The number of nitrogens with one attached hydrogen (secondary N) is 2. The van der Waals surface area contributed by atoms with Crippen molar-refractivity contribution in [3.63, 3.8) is 0 Å². The standard InChI is InChI=1S/C21H26N2O5S/c1-5-23-11-10-13-16(12-23)29-20(17(13)21(25)28-6-2)22-19(24)14-8-7-9-15(26-3)18(14)27-4/h7-9H,5-6,10-12H2,1-4H3,(H,22,24)/p+1. The van der Waals surface area contributed by atoms with Crippen molar-refractivity contribution in [3.05, 3.63) is 39.8 Å². The number of esters is 1. The van der Waals surface area contributed by atoms with Crippen LogP contribution in [-0.2, 0) is 17.7 Å². The smallest absolute Gasteiger partial charge is 0.341 e. The Balaban J connectivity index is 1.98. The number of carbonyl (C=O) groups excluding carboxylic acids is 2. The Morgan fingerprint density at radius 3 is 2.66 bits per heavy atom. The van der Waals surface area contributed by atoms with Gasteiger partial charge in [-0.1, -0.05) is 6.07 Å². The van der Waals surface area contributed by atoms with Crippen molar-refractivity contribution in [2.24, 2.45) is 0 Å². The summed E-state index contributed by atoms with van der Waals surface area (Å²) in [6.07, 6.45) is 0.793. The molecule has 0 saturated heterocycles. The number of anilines is 1. The van der Waals surface area contributed by atoms with E-state index in [4.69, 9.17) is 14.2 Å². The predicted octanol–water partition coefficient (Wildman–Crippen LogP) is 2.16. The van der Waals surface area contributed by atoms with Crippen molar-refractivity contribution < 1.29 is 28.7 Å². The lowest BCUT2D eigenvalue weighted by atomic mass is 10.0. The number of hydrogen-bond acceptors (Lipinski definition) is 6. The van der Waals surface area contributed by atoms with E-state index in [1.165, 1.54) is 30.5 Å². The van der Waals surface area contributed by atoms with Gasteiger partial charge in [0.25, 0.3) is 5.91 Å². The molecule has 0 bridgehead atoms.